The lowest BCUT2D eigenvalue weighted by atomic mass is 10.2. The van der Waals surface area contributed by atoms with Crippen LogP contribution in [0.15, 0.2) is 18.2 Å². The van der Waals surface area contributed by atoms with Gasteiger partial charge in [0, 0.05) is 13.1 Å². The molecule has 0 aliphatic heterocycles. The highest BCUT2D eigenvalue weighted by Crippen LogP contribution is 2.17. The van der Waals surface area contributed by atoms with E-state index in [1.807, 2.05) is 0 Å². The Morgan fingerprint density at radius 2 is 2.29 bits per heavy atom. The van der Waals surface area contributed by atoms with Gasteiger partial charge in [0.1, 0.15) is 0 Å². The number of nitrogens with one attached hydrogen (secondary N) is 1. The summed E-state index contributed by atoms with van der Waals surface area (Å²) < 4.78 is 13.3. The Morgan fingerprint density at radius 1 is 1.57 bits per heavy atom. The van der Waals surface area contributed by atoms with Gasteiger partial charge in [-0.05, 0) is 12.1 Å². The molecule has 0 bridgehead atoms. The highest BCUT2D eigenvalue weighted by molar-refractivity contribution is 6.31. The molecule has 0 aliphatic rings. The fourth-order valence-corrected chi connectivity index (χ4v) is 1.13. The Morgan fingerprint density at radius 3 is 2.93 bits per heavy atom. The van der Waals surface area contributed by atoms with Crippen LogP contribution in [0.2, 0.25) is 5.02 Å². The van der Waals surface area contributed by atoms with E-state index in [4.69, 9.17) is 17.3 Å². The molecule has 1 amide bonds. The molecule has 76 valence electrons. The van der Waals surface area contributed by atoms with Crippen LogP contribution in [0.3, 0.4) is 0 Å². The van der Waals surface area contributed by atoms with Crippen molar-refractivity contribution in [1.29, 1.82) is 0 Å². The van der Waals surface area contributed by atoms with Gasteiger partial charge in [-0.15, -0.1) is 0 Å². The van der Waals surface area contributed by atoms with Crippen LogP contribution < -0.4 is 11.1 Å². The van der Waals surface area contributed by atoms with Gasteiger partial charge in [0.2, 0.25) is 0 Å². The number of hydrogen-bond acceptors (Lipinski definition) is 2. The summed E-state index contributed by atoms with van der Waals surface area (Å²) in [4.78, 5) is 11.3. The smallest absolute Gasteiger partial charge is 0.254 e. The molecule has 0 aromatic heterocycles. The maximum atomic E-state index is 13.3. The minimum Gasteiger partial charge on any atom is -0.351 e. The number of nitrogens with two attached hydrogens (primary N) is 1. The molecule has 0 saturated heterocycles. The predicted octanol–water partition coefficient (Wildman–Crippen LogP) is 1.17. The van der Waals surface area contributed by atoms with Crippen molar-refractivity contribution in [3.8, 4) is 0 Å². The summed E-state index contributed by atoms with van der Waals surface area (Å²) in [6.07, 6.45) is 0. The monoisotopic (exact) mass is 216 g/mol. The Kier molecular flexibility index (Phi) is 3.85. The van der Waals surface area contributed by atoms with E-state index in [9.17, 15) is 9.18 Å². The van der Waals surface area contributed by atoms with Crippen LogP contribution in [-0.4, -0.2) is 19.0 Å². The first-order chi connectivity index (χ1) is 6.66. The second kappa shape index (κ2) is 4.93. The Bertz CT molecular complexity index is 344. The average molecular weight is 217 g/mol. The summed E-state index contributed by atoms with van der Waals surface area (Å²) in [5.74, 6) is -1.21. The fourth-order valence-electron chi connectivity index (χ4n) is 0.960. The molecule has 0 unspecified atom stereocenters. The van der Waals surface area contributed by atoms with E-state index in [-0.39, 0.29) is 10.6 Å². The third-order valence-electron chi connectivity index (χ3n) is 1.63. The Balaban J connectivity index is 2.84. The van der Waals surface area contributed by atoms with Crippen molar-refractivity contribution in [3.05, 3.63) is 34.6 Å². The zero-order chi connectivity index (χ0) is 10.6. The molecule has 1 rings (SSSR count). The van der Waals surface area contributed by atoms with Crippen molar-refractivity contribution in [2.45, 2.75) is 0 Å². The standard InChI is InChI=1S/C9H10ClFN2O/c10-7-3-1-2-6(8(7)11)9(14)13-5-4-12/h1-3H,4-5,12H2,(H,13,14). The van der Waals surface area contributed by atoms with Crippen LogP contribution >= 0.6 is 11.6 Å². The first-order valence-corrected chi connectivity index (χ1v) is 4.47. The molecule has 0 radical (unpaired) electrons. The maximum Gasteiger partial charge on any atom is 0.254 e. The fraction of sp³-hybridized carbons (Fsp3) is 0.222. The van der Waals surface area contributed by atoms with Crippen molar-refractivity contribution in [3.63, 3.8) is 0 Å². The van der Waals surface area contributed by atoms with E-state index >= 15 is 0 Å². The van der Waals surface area contributed by atoms with Crippen molar-refractivity contribution in [2.24, 2.45) is 5.73 Å². The van der Waals surface area contributed by atoms with Crippen molar-refractivity contribution >= 4 is 17.5 Å². The first-order valence-electron chi connectivity index (χ1n) is 4.09. The lowest BCUT2D eigenvalue weighted by Gasteiger charge is -2.04. The van der Waals surface area contributed by atoms with Crippen LogP contribution in [-0.2, 0) is 0 Å². The summed E-state index contributed by atoms with van der Waals surface area (Å²) in [6.45, 7) is 0.624. The second-order valence-electron chi connectivity index (χ2n) is 2.65. The number of carbonyl (C=O) groups excluding carboxylic acids is 1. The number of carbonyl (C=O) groups is 1. The minimum absolute atomic E-state index is 0.0639. The van der Waals surface area contributed by atoms with Gasteiger partial charge < -0.3 is 11.1 Å². The van der Waals surface area contributed by atoms with Crippen LogP contribution in [0, 0.1) is 5.82 Å². The normalized spacial score (nSPS) is 9.93. The molecule has 0 fully saturated rings. The van der Waals surface area contributed by atoms with Crippen molar-refractivity contribution in [2.75, 3.05) is 13.1 Å². The summed E-state index contributed by atoms with van der Waals surface area (Å²) >= 11 is 5.51. The van der Waals surface area contributed by atoms with E-state index in [1.54, 1.807) is 0 Å². The molecule has 3 nitrogen and oxygen atoms in total. The first kappa shape index (κ1) is 10.9. The molecule has 0 spiro atoms. The number of benzene rings is 1. The molecular weight excluding hydrogens is 207 g/mol. The number of halogens is 2. The van der Waals surface area contributed by atoms with Gasteiger partial charge in [-0.1, -0.05) is 17.7 Å². The van der Waals surface area contributed by atoms with Gasteiger partial charge in [-0.2, -0.15) is 0 Å². The number of hydrogen-bond donors (Lipinski definition) is 2. The van der Waals surface area contributed by atoms with Gasteiger partial charge in [0.15, 0.2) is 5.82 Å². The molecule has 0 aliphatic carbocycles. The van der Waals surface area contributed by atoms with Gasteiger partial charge in [0.05, 0.1) is 10.6 Å². The molecule has 1 aromatic rings. The maximum absolute atomic E-state index is 13.3. The van der Waals surface area contributed by atoms with Crippen LogP contribution in [0.5, 0.6) is 0 Å². The largest absolute Gasteiger partial charge is 0.351 e. The average Bonchev–Trinajstić information content (AvgIpc) is 2.18. The quantitative estimate of drug-likeness (QED) is 0.797. The molecule has 14 heavy (non-hydrogen) atoms. The molecule has 0 heterocycles. The summed E-state index contributed by atoms with van der Waals surface area (Å²) in [6, 6.07) is 4.27. The minimum atomic E-state index is -0.705. The number of rotatable bonds is 3. The third-order valence-corrected chi connectivity index (χ3v) is 1.92. The zero-order valence-electron chi connectivity index (χ0n) is 7.39. The van der Waals surface area contributed by atoms with Crippen LogP contribution in [0.4, 0.5) is 4.39 Å². The summed E-state index contributed by atoms with van der Waals surface area (Å²) in [5, 5.41) is 2.39. The molecule has 1 aromatic carbocycles. The van der Waals surface area contributed by atoms with Crippen molar-refractivity contribution in [1.82, 2.24) is 5.32 Å². The summed E-state index contributed by atoms with van der Waals surface area (Å²) in [5.41, 5.74) is 5.12. The van der Waals surface area contributed by atoms with E-state index in [0.717, 1.165) is 0 Å². The summed E-state index contributed by atoms with van der Waals surface area (Å²) in [7, 11) is 0. The van der Waals surface area contributed by atoms with Gasteiger partial charge in [0.25, 0.3) is 5.91 Å². The molecule has 3 N–H and O–H groups in total. The lowest BCUT2D eigenvalue weighted by Crippen LogP contribution is -2.29. The van der Waals surface area contributed by atoms with E-state index in [2.05, 4.69) is 5.32 Å². The topological polar surface area (TPSA) is 55.1 Å². The molecular formula is C9H10ClFN2O. The SMILES string of the molecule is NCCNC(=O)c1cccc(Cl)c1F. The highest BCUT2D eigenvalue weighted by atomic mass is 35.5. The van der Waals surface area contributed by atoms with E-state index in [1.165, 1.54) is 18.2 Å². The third kappa shape index (κ3) is 2.43. The van der Waals surface area contributed by atoms with Crippen molar-refractivity contribution < 1.29 is 9.18 Å². The molecule has 0 atom stereocenters. The second-order valence-corrected chi connectivity index (χ2v) is 3.05. The van der Waals surface area contributed by atoms with E-state index in [0.29, 0.717) is 13.1 Å². The Labute approximate surface area is 86.0 Å². The lowest BCUT2D eigenvalue weighted by molar-refractivity contribution is 0.0951. The molecule has 5 heteroatoms. The van der Waals surface area contributed by atoms with Crippen LogP contribution in [0.25, 0.3) is 0 Å². The highest BCUT2D eigenvalue weighted by Gasteiger charge is 2.12. The molecule has 0 saturated carbocycles. The van der Waals surface area contributed by atoms with Crippen LogP contribution in [0.1, 0.15) is 10.4 Å². The number of amides is 1. The predicted molar refractivity (Wildman–Crippen MR) is 52.8 cm³/mol. The van der Waals surface area contributed by atoms with Gasteiger partial charge >= 0.3 is 0 Å². The van der Waals surface area contributed by atoms with Gasteiger partial charge in [-0.3, -0.25) is 4.79 Å². The Hall–Kier alpha value is -1.13. The zero-order valence-corrected chi connectivity index (χ0v) is 8.14. The van der Waals surface area contributed by atoms with E-state index < -0.39 is 11.7 Å². The van der Waals surface area contributed by atoms with Gasteiger partial charge in [-0.25, -0.2) is 4.39 Å².